The predicted molar refractivity (Wildman–Crippen MR) is 93.9 cm³/mol. The highest BCUT2D eigenvalue weighted by molar-refractivity contribution is 5.84. The molecule has 2 rings (SSSR count). The summed E-state index contributed by atoms with van der Waals surface area (Å²) in [5.41, 5.74) is 0.359. The number of rotatable bonds is 9. The van der Waals surface area contributed by atoms with E-state index in [1.54, 1.807) is 24.3 Å². The number of aliphatic carboxylic acids is 2. The van der Waals surface area contributed by atoms with E-state index in [0.29, 0.717) is 56.7 Å². The monoisotopic (exact) mass is 376 g/mol. The van der Waals surface area contributed by atoms with E-state index < -0.39 is 11.9 Å². The summed E-state index contributed by atoms with van der Waals surface area (Å²) in [5.74, 6) is -0.688. The number of carboxylic acid groups (broad SMARTS) is 2. The van der Waals surface area contributed by atoms with Crippen LogP contribution in [-0.4, -0.2) is 76.9 Å². The van der Waals surface area contributed by atoms with E-state index in [0.717, 1.165) is 0 Å². The lowest BCUT2D eigenvalue weighted by molar-refractivity contribution is -0.516. The highest BCUT2D eigenvalue weighted by Gasteiger charge is 2.22. The lowest BCUT2D eigenvalue weighted by atomic mass is 10.2. The zero-order valence-corrected chi connectivity index (χ0v) is 14.8. The molecule has 144 valence electrons. The minimum atomic E-state index is -0.876. The normalized spacial score (nSPS) is 18.7. The summed E-state index contributed by atoms with van der Waals surface area (Å²) in [6.07, 6.45) is 6.47. The van der Waals surface area contributed by atoms with E-state index in [9.17, 15) is 14.9 Å². The Bertz CT molecular complexity index is 745. The van der Waals surface area contributed by atoms with E-state index in [1.807, 2.05) is 9.48 Å². The molecule has 2 aliphatic heterocycles. The van der Waals surface area contributed by atoms with Gasteiger partial charge in [-0.25, -0.2) is 0 Å². The van der Waals surface area contributed by atoms with Crippen molar-refractivity contribution in [2.45, 2.75) is 12.8 Å². The highest BCUT2D eigenvalue weighted by atomic mass is 16.5. The first kappa shape index (κ1) is 20.0. The fourth-order valence-electron chi connectivity index (χ4n) is 2.59. The minimum absolute atomic E-state index is 0.0112. The maximum atomic E-state index is 10.7. The molecule has 0 spiro atoms. The summed E-state index contributed by atoms with van der Waals surface area (Å²) < 4.78 is 12.7. The van der Waals surface area contributed by atoms with Crippen LogP contribution in [-0.2, 0) is 19.1 Å². The maximum absolute atomic E-state index is 10.7. The van der Waals surface area contributed by atoms with Crippen molar-refractivity contribution in [2.75, 3.05) is 39.4 Å². The average Bonchev–Trinajstić information content (AvgIpc) is 3.27. The molecule has 0 atom stereocenters. The van der Waals surface area contributed by atoms with Crippen LogP contribution in [0.5, 0.6) is 0 Å². The van der Waals surface area contributed by atoms with Crippen LogP contribution in [0.25, 0.3) is 0 Å². The molecule has 0 bridgehead atoms. The van der Waals surface area contributed by atoms with Gasteiger partial charge in [0.25, 0.3) is 0 Å². The van der Waals surface area contributed by atoms with E-state index in [-0.39, 0.29) is 12.8 Å². The van der Waals surface area contributed by atoms with Crippen LogP contribution in [0.4, 0.5) is 0 Å². The van der Waals surface area contributed by atoms with Gasteiger partial charge in [0, 0.05) is 6.54 Å². The number of allylic oxidation sites excluding steroid dienone is 4. The van der Waals surface area contributed by atoms with Gasteiger partial charge < -0.3 is 24.6 Å². The molecule has 0 aromatic heterocycles. The van der Waals surface area contributed by atoms with E-state index in [2.05, 4.69) is 6.07 Å². The zero-order chi connectivity index (χ0) is 19.6. The van der Waals surface area contributed by atoms with Crippen LogP contribution < -0.4 is 0 Å². The molecular weight excluding hydrogens is 354 g/mol. The van der Waals surface area contributed by atoms with Crippen molar-refractivity contribution in [3.63, 3.8) is 0 Å². The van der Waals surface area contributed by atoms with Gasteiger partial charge >= 0.3 is 17.8 Å². The lowest BCUT2D eigenvalue weighted by Gasteiger charge is -2.15. The largest absolute Gasteiger partial charge is 0.481 e. The Kier molecular flexibility index (Phi) is 7.43. The van der Waals surface area contributed by atoms with Gasteiger partial charge in [0.05, 0.1) is 30.7 Å². The Balaban J connectivity index is 2.04. The lowest BCUT2D eigenvalue weighted by Crippen LogP contribution is -2.21. The topological polar surface area (TPSA) is 123 Å². The van der Waals surface area contributed by atoms with Crippen LogP contribution in [0.3, 0.4) is 0 Å². The van der Waals surface area contributed by atoms with Gasteiger partial charge in [-0.2, -0.15) is 9.84 Å². The molecule has 0 aliphatic carbocycles. The molecule has 0 unspecified atom stereocenters. The molecule has 0 aromatic carbocycles. The maximum Gasteiger partial charge on any atom is 0.362 e. The van der Waals surface area contributed by atoms with E-state index >= 15 is 0 Å². The standard InChI is InChI=1S/C18H21N3O6/c19-13-14(1-3-15-20(9-11-26-15)7-5-17(22)23)2-4-16-21(10-12-27-16)8-6-18(24)25/h1-4H,5-12H2,(H-,22,23,24,25)/p+1. The number of carbonyl (C=O) groups is 2. The molecule has 2 heterocycles. The fraction of sp³-hybridized carbons (Fsp3) is 0.444. The molecular formula is C18H22N3O6+. The van der Waals surface area contributed by atoms with Crippen LogP contribution >= 0.6 is 0 Å². The number of nitrogens with zero attached hydrogens (tertiary/aromatic N) is 3. The number of nitriles is 1. The number of ether oxygens (including phenoxy) is 2. The summed E-state index contributed by atoms with van der Waals surface area (Å²) in [4.78, 5) is 23.2. The first-order valence-electron chi connectivity index (χ1n) is 8.56. The quantitative estimate of drug-likeness (QED) is 0.340. The van der Waals surface area contributed by atoms with Crippen molar-refractivity contribution in [3.8, 4) is 6.07 Å². The van der Waals surface area contributed by atoms with Gasteiger partial charge in [-0.05, 0) is 18.2 Å². The molecule has 0 saturated carbocycles. The van der Waals surface area contributed by atoms with Crippen molar-refractivity contribution < 1.29 is 33.9 Å². The molecule has 2 N–H and O–H groups in total. The third-order valence-electron chi connectivity index (χ3n) is 3.98. The Labute approximate surface area is 156 Å². The molecule has 1 saturated heterocycles. The van der Waals surface area contributed by atoms with Gasteiger partial charge in [0.1, 0.15) is 13.0 Å². The molecule has 1 fully saturated rings. The van der Waals surface area contributed by atoms with Gasteiger partial charge in [-0.3, -0.25) is 9.59 Å². The predicted octanol–water partition coefficient (Wildman–Crippen LogP) is 0.557. The molecule has 9 nitrogen and oxygen atoms in total. The second-order valence-electron chi connectivity index (χ2n) is 5.87. The van der Waals surface area contributed by atoms with Gasteiger partial charge in [-0.15, -0.1) is 0 Å². The Morgan fingerprint density at radius 3 is 2.70 bits per heavy atom. The van der Waals surface area contributed by atoms with Crippen molar-refractivity contribution in [1.29, 1.82) is 5.26 Å². The smallest absolute Gasteiger partial charge is 0.362 e. The summed E-state index contributed by atoms with van der Waals surface area (Å²) >= 11 is 0. The van der Waals surface area contributed by atoms with Gasteiger partial charge in [0.15, 0.2) is 25.6 Å². The van der Waals surface area contributed by atoms with Gasteiger partial charge in [0.2, 0.25) is 0 Å². The minimum Gasteiger partial charge on any atom is -0.481 e. The first-order valence-corrected chi connectivity index (χ1v) is 8.56. The van der Waals surface area contributed by atoms with Crippen molar-refractivity contribution in [1.82, 2.24) is 4.90 Å². The first-order chi connectivity index (χ1) is 13.0. The molecule has 9 heteroatoms. The molecule has 0 aromatic rings. The summed E-state index contributed by atoms with van der Waals surface area (Å²) in [6.45, 7) is 2.85. The van der Waals surface area contributed by atoms with E-state index in [4.69, 9.17) is 19.7 Å². The molecule has 27 heavy (non-hydrogen) atoms. The summed E-state index contributed by atoms with van der Waals surface area (Å²) in [7, 11) is 0. The van der Waals surface area contributed by atoms with Crippen molar-refractivity contribution in [2.24, 2.45) is 0 Å². The van der Waals surface area contributed by atoms with E-state index in [1.165, 1.54) is 0 Å². The summed E-state index contributed by atoms with van der Waals surface area (Å²) in [5, 5.41) is 26.8. The van der Waals surface area contributed by atoms with Crippen LogP contribution in [0.1, 0.15) is 12.8 Å². The second-order valence-corrected chi connectivity index (χ2v) is 5.87. The Morgan fingerprint density at radius 2 is 2.00 bits per heavy atom. The third-order valence-corrected chi connectivity index (χ3v) is 3.98. The van der Waals surface area contributed by atoms with Crippen LogP contribution in [0, 0.1) is 11.3 Å². The fourth-order valence-corrected chi connectivity index (χ4v) is 2.59. The van der Waals surface area contributed by atoms with Crippen molar-refractivity contribution >= 4 is 17.8 Å². The van der Waals surface area contributed by atoms with Gasteiger partial charge in [-0.1, -0.05) is 0 Å². The number of hydrogen-bond acceptors (Lipinski definition) is 6. The Hall–Kier alpha value is -3.28. The third kappa shape index (κ3) is 6.51. The van der Waals surface area contributed by atoms with Crippen LogP contribution in [0.15, 0.2) is 35.8 Å². The van der Waals surface area contributed by atoms with Crippen molar-refractivity contribution in [3.05, 3.63) is 35.8 Å². The Morgan fingerprint density at radius 1 is 1.22 bits per heavy atom. The molecule has 0 radical (unpaired) electrons. The number of hydrogen-bond donors (Lipinski definition) is 2. The zero-order valence-electron chi connectivity index (χ0n) is 14.8. The van der Waals surface area contributed by atoms with Crippen LogP contribution in [0.2, 0.25) is 0 Å². The average molecular weight is 376 g/mol. The SMILES string of the molecule is N#CC(=C\C=C1/OCCN1CCC(=O)O)/C=C/C1=[N+](CCC(=O)O)CCO1. The summed E-state index contributed by atoms with van der Waals surface area (Å²) in [6, 6.07) is 2.06. The number of carboxylic acids is 2. The molecule has 0 amide bonds. The molecule has 2 aliphatic rings. The highest BCUT2D eigenvalue weighted by Crippen LogP contribution is 2.15. The second kappa shape index (κ2) is 10.0.